The second kappa shape index (κ2) is 5.12. The van der Waals surface area contributed by atoms with E-state index in [1.165, 1.54) is 22.5 Å². The van der Waals surface area contributed by atoms with E-state index in [9.17, 15) is 8.42 Å². The zero-order chi connectivity index (χ0) is 12.5. The second-order valence-electron chi connectivity index (χ2n) is 3.59. The van der Waals surface area contributed by atoms with Crippen LogP contribution in [-0.4, -0.2) is 39.0 Å². The Kier molecular flexibility index (Phi) is 3.95. The van der Waals surface area contributed by atoms with Gasteiger partial charge in [-0.1, -0.05) is 23.2 Å². The first-order chi connectivity index (χ1) is 8.01. The molecule has 0 aliphatic carbocycles. The number of hydrogen-bond acceptors (Lipinski definition) is 3. The highest BCUT2D eigenvalue weighted by Crippen LogP contribution is 2.27. The van der Waals surface area contributed by atoms with Crippen LogP contribution in [0.4, 0.5) is 0 Å². The maximum Gasteiger partial charge on any atom is 0.244 e. The van der Waals surface area contributed by atoms with Gasteiger partial charge in [0.25, 0.3) is 0 Å². The van der Waals surface area contributed by atoms with Crippen LogP contribution in [0, 0.1) is 0 Å². The minimum Gasteiger partial charge on any atom is -0.379 e. The first kappa shape index (κ1) is 13.1. The number of halogens is 2. The lowest BCUT2D eigenvalue weighted by Crippen LogP contribution is -2.40. The number of ether oxygens (including phenoxy) is 1. The van der Waals surface area contributed by atoms with Crippen molar-refractivity contribution in [3.63, 3.8) is 0 Å². The molecule has 0 spiro atoms. The monoisotopic (exact) mass is 295 g/mol. The van der Waals surface area contributed by atoms with E-state index in [-0.39, 0.29) is 9.92 Å². The molecule has 1 aliphatic rings. The molecule has 1 aliphatic heterocycles. The summed E-state index contributed by atoms with van der Waals surface area (Å²) in [7, 11) is -3.55. The summed E-state index contributed by atoms with van der Waals surface area (Å²) in [6.45, 7) is 1.51. The summed E-state index contributed by atoms with van der Waals surface area (Å²) in [6, 6.07) is 4.37. The normalized spacial score (nSPS) is 18.2. The molecule has 0 atom stereocenters. The van der Waals surface area contributed by atoms with Crippen molar-refractivity contribution < 1.29 is 13.2 Å². The number of morpholine rings is 1. The maximum atomic E-state index is 12.3. The van der Waals surface area contributed by atoms with Crippen LogP contribution in [0.1, 0.15) is 0 Å². The molecule has 17 heavy (non-hydrogen) atoms. The predicted molar refractivity (Wildman–Crippen MR) is 66.0 cm³/mol. The molecule has 0 aromatic heterocycles. The summed E-state index contributed by atoms with van der Waals surface area (Å²) in [6.07, 6.45) is 0. The van der Waals surface area contributed by atoms with Gasteiger partial charge in [-0.2, -0.15) is 4.31 Å². The number of sulfonamides is 1. The van der Waals surface area contributed by atoms with Crippen LogP contribution >= 0.6 is 23.2 Å². The van der Waals surface area contributed by atoms with Crippen molar-refractivity contribution in [3.8, 4) is 0 Å². The minimum absolute atomic E-state index is 0.0884. The van der Waals surface area contributed by atoms with Crippen LogP contribution in [0.5, 0.6) is 0 Å². The number of hydrogen-bond donors (Lipinski definition) is 0. The molecule has 0 N–H and O–H groups in total. The molecule has 1 aromatic carbocycles. The summed E-state index contributed by atoms with van der Waals surface area (Å²) in [4.78, 5) is 0.0884. The first-order valence-corrected chi connectivity index (χ1v) is 7.24. The Bertz CT molecular complexity index is 512. The Morgan fingerprint density at radius 3 is 2.41 bits per heavy atom. The zero-order valence-electron chi connectivity index (χ0n) is 8.90. The predicted octanol–water partition coefficient (Wildman–Crippen LogP) is 2.01. The minimum atomic E-state index is -3.55. The number of rotatable bonds is 2. The van der Waals surface area contributed by atoms with Gasteiger partial charge in [-0.25, -0.2) is 8.42 Å². The second-order valence-corrected chi connectivity index (χ2v) is 6.34. The third-order valence-corrected chi connectivity index (χ3v) is 5.10. The van der Waals surface area contributed by atoms with E-state index in [0.717, 1.165) is 0 Å². The number of nitrogens with zero attached hydrogens (tertiary/aromatic N) is 1. The lowest BCUT2D eigenvalue weighted by atomic mass is 10.4. The Labute approximate surface area is 110 Å². The topological polar surface area (TPSA) is 46.6 Å². The lowest BCUT2D eigenvalue weighted by molar-refractivity contribution is 0.0730. The van der Waals surface area contributed by atoms with Crippen molar-refractivity contribution in [3.05, 3.63) is 28.2 Å². The summed E-state index contributed by atoms with van der Waals surface area (Å²) in [5.41, 5.74) is 0. The van der Waals surface area contributed by atoms with Gasteiger partial charge in [0.1, 0.15) is 4.90 Å². The third-order valence-electron chi connectivity index (χ3n) is 2.48. The Hall–Kier alpha value is -0.330. The van der Waals surface area contributed by atoms with Gasteiger partial charge in [0.2, 0.25) is 10.0 Å². The van der Waals surface area contributed by atoms with Gasteiger partial charge in [0, 0.05) is 18.1 Å². The molecule has 4 nitrogen and oxygen atoms in total. The third kappa shape index (κ3) is 2.74. The van der Waals surface area contributed by atoms with Gasteiger partial charge in [0.05, 0.1) is 18.2 Å². The van der Waals surface area contributed by atoms with E-state index in [0.29, 0.717) is 31.3 Å². The van der Waals surface area contributed by atoms with E-state index < -0.39 is 10.0 Å². The fourth-order valence-corrected chi connectivity index (χ4v) is 3.76. The molecule has 1 saturated heterocycles. The van der Waals surface area contributed by atoms with Crippen LogP contribution in [0.15, 0.2) is 23.1 Å². The molecule has 0 amide bonds. The van der Waals surface area contributed by atoms with Crippen molar-refractivity contribution in [2.45, 2.75) is 4.90 Å². The smallest absolute Gasteiger partial charge is 0.244 e. The van der Waals surface area contributed by atoms with Crippen molar-refractivity contribution in [2.24, 2.45) is 0 Å². The summed E-state index contributed by atoms with van der Waals surface area (Å²) in [5.74, 6) is 0. The summed E-state index contributed by atoms with van der Waals surface area (Å²) < 4.78 is 31.0. The lowest BCUT2D eigenvalue weighted by Gasteiger charge is -2.26. The molecule has 0 radical (unpaired) electrons. The highest BCUT2D eigenvalue weighted by atomic mass is 35.5. The largest absolute Gasteiger partial charge is 0.379 e. The van der Waals surface area contributed by atoms with Crippen LogP contribution in [-0.2, 0) is 14.8 Å². The highest BCUT2D eigenvalue weighted by molar-refractivity contribution is 7.89. The average Bonchev–Trinajstić information content (AvgIpc) is 2.29. The fourth-order valence-electron chi connectivity index (χ4n) is 1.61. The van der Waals surface area contributed by atoms with Crippen LogP contribution < -0.4 is 0 Å². The van der Waals surface area contributed by atoms with Gasteiger partial charge in [-0.15, -0.1) is 0 Å². The first-order valence-electron chi connectivity index (χ1n) is 5.05. The quantitative estimate of drug-likeness (QED) is 0.838. The van der Waals surface area contributed by atoms with Gasteiger partial charge in [-0.3, -0.25) is 0 Å². The maximum absolute atomic E-state index is 12.3. The molecule has 1 fully saturated rings. The van der Waals surface area contributed by atoms with Crippen molar-refractivity contribution in [1.82, 2.24) is 4.31 Å². The molecule has 7 heteroatoms. The van der Waals surface area contributed by atoms with Crippen LogP contribution in [0.3, 0.4) is 0 Å². The Balaban J connectivity index is 2.37. The highest BCUT2D eigenvalue weighted by Gasteiger charge is 2.28. The molecule has 2 rings (SSSR count). The van der Waals surface area contributed by atoms with E-state index in [1.54, 1.807) is 0 Å². The Morgan fingerprint density at radius 1 is 1.18 bits per heavy atom. The van der Waals surface area contributed by atoms with Gasteiger partial charge in [-0.05, 0) is 18.2 Å². The molecular weight excluding hydrogens is 285 g/mol. The standard InChI is InChI=1S/C10H11Cl2NO3S/c11-8-1-2-10(9(12)7-8)17(14,15)13-3-5-16-6-4-13/h1-2,7H,3-6H2. The molecule has 0 saturated carbocycles. The van der Waals surface area contributed by atoms with E-state index in [2.05, 4.69) is 0 Å². The summed E-state index contributed by atoms with van der Waals surface area (Å²) >= 11 is 11.7. The van der Waals surface area contributed by atoms with Crippen molar-refractivity contribution >= 4 is 33.2 Å². The molecule has 1 heterocycles. The van der Waals surface area contributed by atoms with Gasteiger partial charge in [0.15, 0.2) is 0 Å². The van der Waals surface area contributed by atoms with Crippen LogP contribution in [0.2, 0.25) is 10.0 Å². The Morgan fingerprint density at radius 2 is 1.82 bits per heavy atom. The zero-order valence-corrected chi connectivity index (χ0v) is 11.2. The SMILES string of the molecule is O=S(=O)(c1ccc(Cl)cc1Cl)N1CCOCC1. The van der Waals surface area contributed by atoms with E-state index >= 15 is 0 Å². The van der Waals surface area contributed by atoms with Crippen molar-refractivity contribution in [1.29, 1.82) is 0 Å². The van der Waals surface area contributed by atoms with Gasteiger partial charge < -0.3 is 4.74 Å². The van der Waals surface area contributed by atoms with E-state index in [1.807, 2.05) is 0 Å². The molecule has 1 aromatic rings. The molecule has 0 unspecified atom stereocenters. The van der Waals surface area contributed by atoms with E-state index in [4.69, 9.17) is 27.9 Å². The summed E-state index contributed by atoms with van der Waals surface area (Å²) in [5, 5.41) is 0.555. The average molecular weight is 296 g/mol. The molecule has 94 valence electrons. The van der Waals surface area contributed by atoms with Crippen molar-refractivity contribution in [2.75, 3.05) is 26.3 Å². The van der Waals surface area contributed by atoms with Gasteiger partial charge >= 0.3 is 0 Å². The molecular formula is C10H11Cl2NO3S. The fraction of sp³-hybridized carbons (Fsp3) is 0.400. The molecule has 0 bridgehead atoms. The van der Waals surface area contributed by atoms with Crippen LogP contribution in [0.25, 0.3) is 0 Å². The number of benzene rings is 1.